The maximum atomic E-state index is 11.7. The maximum Gasteiger partial charge on any atom is 0.326 e. The van der Waals surface area contributed by atoms with E-state index in [1.165, 1.54) is 0 Å². The summed E-state index contributed by atoms with van der Waals surface area (Å²) in [5.74, 6) is 1.000. The molecule has 0 aliphatic heterocycles. The lowest BCUT2D eigenvalue weighted by atomic mass is 9.95. The van der Waals surface area contributed by atoms with Crippen LogP contribution in [0.1, 0.15) is 46.0 Å². The summed E-state index contributed by atoms with van der Waals surface area (Å²) in [7, 11) is 3.13. The molecule has 0 bridgehead atoms. The average Bonchev–Trinajstić information content (AvgIpc) is 2.85. The Morgan fingerprint density at radius 3 is 2.26 bits per heavy atom. The van der Waals surface area contributed by atoms with Crippen molar-refractivity contribution in [3.8, 4) is 11.5 Å². The van der Waals surface area contributed by atoms with E-state index in [0.717, 1.165) is 11.3 Å². The normalized spacial score (nSPS) is 13.1. The molecule has 0 spiro atoms. The number of hydrogen-bond acceptors (Lipinski definition) is 4. The molecule has 1 atom stereocenters. The third-order valence-electron chi connectivity index (χ3n) is 3.85. The Balaban J connectivity index is 2.86. The van der Waals surface area contributed by atoms with Crippen LogP contribution >= 0.6 is 0 Å². The number of methoxy groups -OCH3 is 2. The van der Waals surface area contributed by atoms with Crippen molar-refractivity contribution in [3.05, 3.63) is 18.0 Å². The Bertz CT molecular complexity index is 728. The number of imidazole rings is 1. The highest BCUT2D eigenvalue weighted by Crippen LogP contribution is 2.37. The van der Waals surface area contributed by atoms with E-state index in [1.807, 2.05) is 27.7 Å². The van der Waals surface area contributed by atoms with Gasteiger partial charge in [-0.05, 0) is 6.42 Å². The molecule has 0 saturated carbocycles. The molecule has 1 aromatic heterocycles. The molecule has 126 valence electrons. The van der Waals surface area contributed by atoms with Gasteiger partial charge in [0.25, 0.3) is 0 Å². The Morgan fingerprint density at radius 2 is 1.83 bits per heavy atom. The van der Waals surface area contributed by atoms with Crippen LogP contribution in [-0.4, -0.2) is 34.8 Å². The van der Waals surface area contributed by atoms with Crippen molar-refractivity contribution in [2.24, 2.45) is 0 Å². The molecule has 1 N–H and O–H groups in total. The predicted octanol–water partition coefficient (Wildman–Crippen LogP) is 3.39. The fourth-order valence-corrected chi connectivity index (χ4v) is 2.73. The van der Waals surface area contributed by atoms with E-state index >= 15 is 0 Å². The minimum Gasteiger partial charge on any atom is -0.493 e. The monoisotopic (exact) mass is 320 g/mol. The predicted molar refractivity (Wildman–Crippen MR) is 88.5 cm³/mol. The van der Waals surface area contributed by atoms with Crippen molar-refractivity contribution in [1.82, 2.24) is 9.55 Å². The van der Waals surface area contributed by atoms with Gasteiger partial charge in [0, 0.05) is 17.5 Å². The van der Waals surface area contributed by atoms with Gasteiger partial charge in [0.2, 0.25) is 0 Å². The first-order valence-electron chi connectivity index (χ1n) is 7.61. The second-order valence-corrected chi connectivity index (χ2v) is 6.51. The second-order valence-electron chi connectivity index (χ2n) is 6.51. The van der Waals surface area contributed by atoms with Crippen LogP contribution in [-0.2, 0) is 10.2 Å². The third-order valence-corrected chi connectivity index (χ3v) is 3.85. The molecule has 1 aromatic carbocycles. The van der Waals surface area contributed by atoms with Crippen LogP contribution in [0.15, 0.2) is 12.1 Å². The molecule has 1 unspecified atom stereocenters. The van der Waals surface area contributed by atoms with E-state index in [2.05, 4.69) is 4.98 Å². The van der Waals surface area contributed by atoms with Gasteiger partial charge < -0.3 is 19.1 Å². The van der Waals surface area contributed by atoms with Crippen molar-refractivity contribution in [2.45, 2.75) is 45.6 Å². The van der Waals surface area contributed by atoms with Crippen molar-refractivity contribution < 1.29 is 19.4 Å². The van der Waals surface area contributed by atoms with Gasteiger partial charge in [0.1, 0.15) is 11.9 Å². The average molecular weight is 320 g/mol. The maximum absolute atomic E-state index is 11.7. The van der Waals surface area contributed by atoms with Crippen molar-refractivity contribution in [1.29, 1.82) is 0 Å². The van der Waals surface area contributed by atoms with E-state index in [0.29, 0.717) is 23.4 Å². The fraction of sp³-hybridized carbons (Fsp3) is 0.529. The molecule has 0 radical (unpaired) electrons. The molecule has 6 nitrogen and oxygen atoms in total. The number of rotatable bonds is 5. The third kappa shape index (κ3) is 2.98. The number of benzene rings is 1. The van der Waals surface area contributed by atoms with Crippen LogP contribution in [0.3, 0.4) is 0 Å². The first kappa shape index (κ1) is 17.1. The summed E-state index contributed by atoms with van der Waals surface area (Å²) < 4.78 is 12.5. The Kier molecular flexibility index (Phi) is 4.54. The first-order chi connectivity index (χ1) is 10.7. The molecule has 0 aliphatic carbocycles. The quantitative estimate of drug-likeness (QED) is 0.914. The SMILES string of the molecule is CCC(C(=O)O)n1c(C(C)(C)C)nc2cc(OC)c(OC)cc21. The summed E-state index contributed by atoms with van der Waals surface area (Å²) in [4.78, 5) is 16.4. The van der Waals surface area contributed by atoms with E-state index in [-0.39, 0.29) is 5.41 Å². The number of carbonyl (C=O) groups is 1. The number of nitrogens with zero attached hydrogens (tertiary/aromatic N) is 2. The molecule has 0 fully saturated rings. The molecule has 2 rings (SSSR count). The highest BCUT2D eigenvalue weighted by molar-refractivity contribution is 5.83. The lowest BCUT2D eigenvalue weighted by Crippen LogP contribution is -2.26. The zero-order valence-corrected chi connectivity index (χ0v) is 14.5. The highest BCUT2D eigenvalue weighted by atomic mass is 16.5. The van der Waals surface area contributed by atoms with Gasteiger partial charge in [-0.3, -0.25) is 0 Å². The van der Waals surface area contributed by atoms with Gasteiger partial charge in [-0.2, -0.15) is 0 Å². The summed E-state index contributed by atoms with van der Waals surface area (Å²) in [6.07, 6.45) is 0.470. The largest absolute Gasteiger partial charge is 0.493 e. The molecule has 0 aliphatic rings. The van der Waals surface area contributed by atoms with E-state index in [1.54, 1.807) is 30.9 Å². The van der Waals surface area contributed by atoms with Gasteiger partial charge in [-0.15, -0.1) is 0 Å². The zero-order valence-electron chi connectivity index (χ0n) is 14.5. The summed E-state index contributed by atoms with van der Waals surface area (Å²) in [6.45, 7) is 7.92. The zero-order chi connectivity index (χ0) is 17.4. The first-order valence-corrected chi connectivity index (χ1v) is 7.61. The summed E-state index contributed by atoms with van der Waals surface area (Å²) in [6, 6.07) is 2.91. The smallest absolute Gasteiger partial charge is 0.326 e. The van der Waals surface area contributed by atoms with Crippen LogP contribution in [0, 0.1) is 0 Å². The van der Waals surface area contributed by atoms with Gasteiger partial charge in [0.05, 0.1) is 25.3 Å². The number of ether oxygens (including phenoxy) is 2. The minimum absolute atomic E-state index is 0.289. The molecular formula is C17H24N2O4. The van der Waals surface area contributed by atoms with Crippen molar-refractivity contribution in [3.63, 3.8) is 0 Å². The highest BCUT2D eigenvalue weighted by Gasteiger charge is 2.30. The van der Waals surface area contributed by atoms with Gasteiger partial charge in [-0.25, -0.2) is 9.78 Å². The molecule has 6 heteroatoms. The number of aromatic nitrogens is 2. The molecule has 0 saturated heterocycles. The number of fused-ring (bicyclic) bond motifs is 1. The summed E-state index contributed by atoms with van der Waals surface area (Å²) in [5.41, 5.74) is 1.15. The minimum atomic E-state index is -0.868. The number of aliphatic carboxylic acids is 1. The second kappa shape index (κ2) is 6.10. The van der Waals surface area contributed by atoms with Crippen LogP contribution in [0.25, 0.3) is 11.0 Å². The number of carboxylic acid groups (broad SMARTS) is 1. The van der Waals surface area contributed by atoms with Crippen LogP contribution < -0.4 is 9.47 Å². The van der Waals surface area contributed by atoms with Crippen molar-refractivity contribution in [2.75, 3.05) is 14.2 Å². The van der Waals surface area contributed by atoms with Gasteiger partial charge in [0.15, 0.2) is 11.5 Å². The Morgan fingerprint density at radius 1 is 1.26 bits per heavy atom. The van der Waals surface area contributed by atoms with Crippen LogP contribution in [0.5, 0.6) is 11.5 Å². The lowest BCUT2D eigenvalue weighted by molar-refractivity contribution is -0.141. The summed E-state index contributed by atoms with van der Waals surface area (Å²) >= 11 is 0. The van der Waals surface area contributed by atoms with Gasteiger partial charge >= 0.3 is 5.97 Å². The fourth-order valence-electron chi connectivity index (χ4n) is 2.73. The topological polar surface area (TPSA) is 73.6 Å². The lowest BCUT2D eigenvalue weighted by Gasteiger charge is -2.23. The van der Waals surface area contributed by atoms with E-state index in [4.69, 9.17) is 9.47 Å². The van der Waals surface area contributed by atoms with Crippen molar-refractivity contribution >= 4 is 17.0 Å². The molecular weight excluding hydrogens is 296 g/mol. The Hall–Kier alpha value is -2.24. The number of carboxylic acids is 1. The number of hydrogen-bond donors (Lipinski definition) is 1. The Labute approximate surface area is 136 Å². The standard InChI is InChI=1S/C17H24N2O4/c1-7-11(15(20)21)19-12-9-14(23-6)13(22-5)8-10(12)18-16(19)17(2,3)4/h8-9,11H,7H2,1-6H3,(H,20,21). The summed E-state index contributed by atoms with van der Waals surface area (Å²) in [5, 5.41) is 9.62. The molecule has 1 heterocycles. The van der Waals surface area contributed by atoms with Crippen LogP contribution in [0.4, 0.5) is 0 Å². The van der Waals surface area contributed by atoms with Crippen LogP contribution in [0.2, 0.25) is 0 Å². The molecule has 2 aromatic rings. The van der Waals surface area contributed by atoms with Gasteiger partial charge in [-0.1, -0.05) is 27.7 Å². The molecule has 0 amide bonds. The molecule has 23 heavy (non-hydrogen) atoms. The van der Waals surface area contributed by atoms with E-state index < -0.39 is 12.0 Å². The van der Waals surface area contributed by atoms with E-state index in [9.17, 15) is 9.90 Å².